The number of carbonyl (C=O) groups is 2. The van der Waals surface area contributed by atoms with E-state index in [1.54, 1.807) is 0 Å². The van der Waals surface area contributed by atoms with Gasteiger partial charge in [-0.1, -0.05) is 17.9 Å². The van der Waals surface area contributed by atoms with Crippen molar-refractivity contribution in [3.8, 4) is 11.8 Å². The SMILES string of the molecule is O=C(CCNC(=O)c1ccc(F)cc1F)NCC#Cc1cccc(C(F)(F)F)c1. The normalized spacial score (nSPS) is 10.7. The van der Waals surface area contributed by atoms with Crippen LogP contribution in [0.3, 0.4) is 0 Å². The maximum absolute atomic E-state index is 13.5. The molecule has 0 aliphatic rings. The van der Waals surface area contributed by atoms with Crippen LogP contribution in [0.5, 0.6) is 0 Å². The first-order valence-electron chi connectivity index (χ1n) is 8.33. The second-order valence-electron chi connectivity index (χ2n) is 5.79. The van der Waals surface area contributed by atoms with Crippen LogP contribution >= 0.6 is 0 Å². The number of nitrogens with one attached hydrogen (secondary N) is 2. The van der Waals surface area contributed by atoms with Gasteiger partial charge in [0, 0.05) is 24.6 Å². The van der Waals surface area contributed by atoms with Crippen LogP contribution < -0.4 is 10.6 Å². The summed E-state index contributed by atoms with van der Waals surface area (Å²) in [6, 6.07) is 6.98. The molecule has 0 unspecified atom stereocenters. The van der Waals surface area contributed by atoms with E-state index in [4.69, 9.17) is 0 Å². The number of halogens is 5. The fraction of sp³-hybridized carbons (Fsp3) is 0.200. The monoisotopic (exact) mass is 410 g/mol. The third kappa shape index (κ3) is 6.92. The Bertz CT molecular complexity index is 961. The molecule has 0 radical (unpaired) electrons. The van der Waals surface area contributed by atoms with Crippen LogP contribution in [0.1, 0.15) is 27.9 Å². The van der Waals surface area contributed by atoms with Gasteiger partial charge >= 0.3 is 6.18 Å². The van der Waals surface area contributed by atoms with Gasteiger partial charge in [0.25, 0.3) is 5.91 Å². The summed E-state index contributed by atoms with van der Waals surface area (Å²) in [7, 11) is 0. The predicted molar refractivity (Wildman–Crippen MR) is 94.6 cm³/mol. The molecular formula is C20H15F5N2O2. The minimum Gasteiger partial charge on any atom is -0.351 e. The van der Waals surface area contributed by atoms with E-state index in [1.807, 2.05) is 0 Å². The van der Waals surface area contributed by atoms with E-state index in [-0.39, 0.29) is 30.6 Å². The Morgan fingerprint density at radius 1 is 1.00 bits per heavy atom. The molecule has 0 bridgehead atoms. The Hall–Kier alpha value is -3.41. The maximum atomic E-state index is 13.5. The first kappa shape index (κ1) is 21.9. The Kier molecular flexibility index (Phi) is 7.31. The molecule has 0 atom stereocenters. The van der Waals surface area contributed by atoms with Gasteiger partial charge in [-0.2, -0.15) is 13.2 Å². The number of hydrogen-bond acceptors (Lipinski definition) is 2. The van der Waals surface area contributed by atoms with Crippen molar-refractivity contribution >= 4 is 11.8 Å². The molecule has 152 valence electrons. The molecule has 0 aliphatic heterocycles. The number of amides is 2. The molecule has 0 spiro atoms. The summed E-state index contributed by atoms with van der Waals surface area (Å²) in [5.74, 6) is 1.95. The molecule has 4 nitrogen and oxygen atoms in total. The molecule has 2 rings (SSSR count). The van der Waals surface area contributed by atoms with Crippen molar-refractivity contribution in [2.24, 2.45) is 0 Å². The van der Waals surface area contributed by atoms with Crippen LogP contribution in [-0.4, -0.2) is 24.9 Å². The van der Waals surface area contributed by atoms with Crippen molar-refractivity contribution in [2.45, 2.75) is 12.6 Å². The van der Waals surface area contributed by atoms with Crippen LogP contribution in [0.4, 0.5) is 22.0 Å². The van der Waals surface area contributed by atoms with Crippen molar-refractivity contribution in [1.29, 1.82) is 0 Å². The molecular weight excluding hydrogens is 395 g/mol. The molecule has 0 aliphatic carbocycles. The van der Waals surface area contributed by atoms with Crippen LogP contribution in [0.2, 0.25) is 0 Å². The zero-order valence-electron chi connectivity index (χ0n) is 14.9. The van der Waals surface area contributed by atoms with E-state index >= 15 is 0 Å². The van der Waals surface area contributed by atoms with Gasteiger partial charge < -0.3 is 10.6 Å². The summed E-state index contributed by atoms with van der Waals surface area (Å²) in [6.45, 7) is -0.196. The number of carbonyl (C=O) groups excluding carboxylic acids is 2. The molecule has 2 amide bonds. The lowest BCUT2D eigenvalue weighted by Crippen LogP contribution is -2.31. The van der Waals surface area contributed by atoms with Crippen molar-refractivity contribution < 1.29 is 31.5 Å². The van der Waals surface area contributed by atoms with E-state index in [9.17, 15) is 31.5 Å². The summed E-state index contributed by atoms with van der Waals surface area (Å²) in [6.07, 6.45) is -4.59. The van der Waals surface area contributed by atoms with Gasteiger partial charge in [0.05, 0.1) is 17.7 Å². The Balaban J connectivity index is 1.76. The lowest BCUT2D eigenvalue weighted by Gasteiger charge is -2.06. The number of rotatable bonds is 5. The molecule has 9 heteroatoms. The molecule has 29 heavy (non-hydrogen) atoms. The third-order valence-electron chi connectivity index (χ3n) is 3.61. The molecule has 0 saturated carbocycles. The molecule has 0 aromatic heterocycles. The largest absolute Gasteiger partial charge is 0.416 e. The predicted octanol–water partition coefficient (Wildman–Crippen LogP) is 3.27. The molecule has 0 heterocycles. The van der Waals surface area contributed by atoms with Crippen molar-refractivity contribution in [3.63, 3.8) is 0 Å². The summed E-state index contributed by atoms with van der Waals surface area (Å²) < 4.78 is 64.1. The van der Waals surface area contributed by atoms with Gasteiger partial charge in [-0.25, -0.2) is 8.78 Å². The van der Waals surface area contributed by atoms with E-state index in [0.29, 0.717) is 6.07 Å². The summed E-state index contributed by atoms with van der Waals surface area (Å²) in [4.78, 5) is 23.4. The lowest BCUT2D eigenvalue weighted by molar-refractivity contribution is -0.137. The molecule has 2 aromatic rings. The average Bonchev–Trinajstić information content (AvgIpc) is 2.64. The second kappa shape index (κ2) is 9.68. The zero-order chi connectivity index (χ0) is 21.4. The van der Waals surface area contributed by atoms with Gasteiger partial charge in [0.15, 0.2) is 0 Å². The quantitative estimate of drug-likeness (QED) is 0.587. The fourth-order valence-electron chi connectivity index (χ4n) is 2.21. The third-order valence-corrected chi connectivity index (χ3v) is 3.61. The highest BCUT2D eigenvalue weighted by molar-refractivity contribution is 5.94. The summed E-state index contributed by atoms with van der Waals surface area (Å²) >= 11 is 0. The second-order valence-corrected chi connectivity index (χ2v) is 5.79. The van der Waals surface area contributed by atoms with Gasteiger partial charge in [-0.15, -0.1) is 0 Å². The highest BCUT2D eigenvalue weighted by Gasteiger charge is 2.30. The minimum absolute atomic E-state index is 0.0947. The van der Waals surface area contributed by atoms with Gasteiger partial charge in [0.2, 0.25) is 5.91 Å². The smallest absolute Gasteiger partial charge is 0.351 e. The van der Waals surface area contributed by atoms with Crippen molar-refractivity contribution in [3.05, 3.63) is 70.8 Å². The van der Waals surface area contributed by atoms with E-state index in [2.05, 4.69) is 22.5 Å². The highest BCUT2D eigenvalue weighted by atomic mass is 19.4. The zero-order valence-corrected chi connectivity index (χ0v) is 14.9. The molecule has 2 aromatic carbocycles. The lowest BCUT2D eigenvalue weighted by atomic mass is 10.1. The Morgan fingerprint density at radius 3 is 2.45 bits per heavy atom. The molecule has 0 saturated heterocycles. The fourth-order valence-corrected chi connectivity index (χ4v) is 2.21. The van der Waals surface area contributed by atoms with Crippen LogP contribution in [-0.2, 0) is 11.0 Å². The molecule has 2 N–H and O–H groups in total. The standard InChI is InChI=1S/C20H15F5N2O2/c21-15-6-7-16(17(22)12-15)19(29)27-10-8-18(28)26-9-2-4-13-3-1-5-14(11-13)20(23,24)25/h1,3,5-7,11-12H,8-10H2,(H,26,28)(H,27,29). The number of hydrogen-bond donors (Lipinski definition) is 2. The van der Waals surface area contributed by atoms with Gasteiger partial charge in [-0.05, 0) is 30.3 Å². The average molecular weight is 410 g/mol. The van der Waals surface area contributed by atoms with Crippen LogP contribution in [0.15, 0.2) is 42.5 Å². The first-order valence-corrected chi connectivity index (χ1v) is 8.33. The first-order chi connectivity index (χ1) is 13.7. The summed E-state index contributed by atoms with van der Waals surface area (Å²) in [5.41, 5.74) is -1.01. The minimum atomic E-state index is -4.47. The Morgan fingerprint density at radius 2 is 1.76 bits per heavy atom. The van der Waals surface area contributed by atoms with E-state index < -0.39 is 35.2 Å². The highest BCUT2D eigenvalue weighted by Crippen LogP contribution is 2.29. The molecule has 0 fully saturated rings. The maximum Gasteiger partial charge on any atom is 0.416 e. The van der Waals surface area contributed by atoms with Gasteiger partial charge in [0.1, 0.15) is 11.6 Å². The topological polar surface area (TPSA) is 58.2 Å². The van der Waals surface area contributed by atoms with Crippen molar-refractivity contribution in [2.75, 3.05) is 13.1 Å². The number of benzene rings is 2. The van der Waals surface area contributed by atoms with Crippen LogP contribution in [0, 0.1) is 23.5 Å². The van der Waals surface area contributed by atoms with Gasteiger partial charge in [-0.3, -0.25) is 9.59 Å². The Labute approximate surface area is 163 Å². The van der Waals surface area contributed by atoms with E-state index in [1.165, 1.54) is 12.1 Å². The van der Waals surface area contributed by atoms with Crippen LogP contribution in [0.25, 0.3) is 0 Å². The van der Waals surface area contributed by atoms with Crippen molar-refractivity contribution in [1.82, 2.24) is 10.6 Å². The summed E-state index contributed by atoms with van der Waals surface area (Å²) in [5, 5.41) is 4.74. The number of alkyl halides is 3. The van der Waals surface area contributed by atoms with E-state index in [0.717, 1.165) is 24.3 Å².